The van der Waals surface area contributed by atoms with Gasteiger partial charge in [-0.2, -0.15) is 0 Å². The average molecular weight is 426 g/mol. The molecule has 8 heteroatoms. The SMILES string of the molecule is CCSN1CCN(C(=O)Nc2cc(Cl)c(-c3ccc(O)cc3)c(Cl)c2)CC1. The summed E-state index contributed by atoms with van der Waals surface area (Å²) in [5.41, 5.74) is 2.02. The summed E-state index contributed by atoms with van der Waals surface area (Å²) in [5.74, 6) is 1.21. The number of carbonyl (C=O) groups excluding carboxylic acids is 1. The Morgan fingerprint density at radius 1 is 1.11 bits per heavy atom. The highest BCUT2D eigenvalue weighted by molar-refractivity contribution is 7.96. The predicted octanol–water partition coefficient (Wildman–Crippen LogP) is 5.18. The number of halogens is 2. The molecule has 0 aliphatic carbocycles. The fourth-order valence-corrected chi connectivity index (χ4v) is 4.45. The van der Waals surface area contributed by atoms with Crippen molar-refractivity contribution in [1.29, 1.82) is 0 Å². The second kappa shape index (κ2) is 9.06. The molecule has 27 heavy (non-hydrogen) atoms. The van der Waals surface area contributed by atoms with Crippen LogP contribution in [0.4, 0.5) is 10.5 Å². The molecule has 0 saturated carbocycles. The number of anilines is 1. The average Bonchev–Trinajstić information content (AvgIpc) is 2.63. The molecule has 5 nitrogen and oxygen atoms in total. The van der Waals surface area contributed by atoms with Crippen molar-refractivity contribution in [3.8, 4) is 16.9 Å². The van der Waals surface area contributed by atoms with E-state index in [2.05, 4.69) is 16.5 Å². The number of rotatable bonds is 4. The number of aromatic hydroxyl groups is 1. The third kappa shape index (κ3) is 5.02. The number of phenols is 1. The summed E-state index contributed by atoms with van der Waals surface area (Å²) in [6.07, 6.45) is 0. The van der Waals surface area contributed by atoms with Crippen molar-refractivity contribution in [2.24, 2.45) is 0 Å². The Morgan fingerprint density at radius 3 is 2.26 bits per heavy atom. The molecule has 3 rings (SSSR count). The Morgan fingerprint density at radius 2 is 1.70 bits per heavy atom. The van der Waals surface area contributed by atoms with Crippen LogP contribution in [0.1, 0.15) is 6.92 Å². The van der Waals surface area contributed by atoms with Crippen LogP contribution in [0, 0.1) is 0 Å². The number of carbonyl (C=O) groups is 1. The van der Waals surface area contributed by atoms with E-state index in [4.69, 9.17) is 23.2 Å². The van der Waals surface area contributed by atoms with Crippen molar-refractivity contribution in [2.45, 2.75) is 6.92 Å². The van der Waals surface area contributed by atoms with E-state index in [1.54, 1.807) is 53.2 Å². The maximum atomic E-state index is 12.5. The van der Waals surface area contributed by atoms with Crippen molar-refractivity contribution < 1.29 is 9.90 Å². The van der Waals surface area contributed by atoms with E-state index >= 15 is 0 Å². The molecular formula is C19H21Cl2N3O2S. The second-order valence-electron chi connectivity index (χ2n) is 6.13. The van der Waals surface area contributed by atoms with E-state index < -0.39 is 0 Å². The van der Waals surface area contributed by atoms with Crippen LogP contribution in [0.5, 0.6) is 5.75 Å². The molecule has 2 aromatic rings. The van der Waals surface area contributed by atoms with Gasteiger partial charge in [-0.25, -0.2) is 9.10 Å². The summed E-state index contributed by atoms with van der Waals surface area (Å²) in [4.78, 5) is 14.3. The molecular weight excluding hydrogens is 405 g/mol. The molecule has 1 aliphatic rings. The molecule has 2 aromatic carbocycles. The molecule has 2 amide bonds. The van der Waals surface area contributed by atoms with Crippen LogP contribution in [0.15, 0.2) is 36.4 Å². The van der Waals surface area contributed by atoms with Crippen molar-refractivity contribution >= 4 is 46.9 Å². The number of benzene rings is 2. The summed E-state index contributed by atoms with van der Waals surface area (Å²) in [5, 5.41) is 13.2. The zero-order chi connectivity index (χ0) is 19.4. The maximum absolute atomic E-state index is 12.5. The quantitative estimate of drug-likeness (QED) is 0.662. The number of phenolic OH excluding ortho intramolecular Hbond substituents is 1. The molecule has 2 N–H and O–H groups in total. The molecule has 0 aromatic heterocycles. The molecule has 144 valence electrons. The van der Waals surface area contributed by atoms with Crippen molar-refractivity contribution in [1.82, 2.24) is 9.21 Å². The topological polar surface area (TPSA) is 55.8 Å². The van der Waals surface area contributed by atoms with Gasteiger partial charge in [-0.1, -0.05) is 54.2 Å². The van der Waals surface area contributed by atoms with Gasteiger partial charge in [-0.3, -0.25) is 0 Å². The normalized spacial score (nSPS) is 15.0. The maximum Gasteiger partial charge on any atom is 0.321 e. The Balaban J connectivity index is 1.69. The first-order chi connectivity index (χ1) is 13.0. The summed E-state index contributed by atoms with van der Waals surface area (Å²) < 4.78 is 2.28. The molecule has 1 saturated heterocycles. The fourth-order valence-electron chi connectivity index (χ4n) is 2.95. The van der Waals surface area contributed by atoms with Crippen LogP contribution in [-0.4, -0.2) is 52.3 Å². The molecule has 1 heterocycles. The number of piperazine rings is 1. The third-order valence-corrected chi connectivity index (χ3v) is 5.87. The third-order valence-electron chi connectivity index (χ3n) is 4.29. The number of amides is 2. The Kier molecular flexibility index (Phi) is 6.76. The van der Waals surface area contributed by atoms with Crippen LogP contribution in [-0.2, 0) is 0 Å². The molecule has 1 fully saturated rings. The molecule has 0 atom stereocenters. The second-order valence-corrected chi connectivity index (χ2v) is 8.29. The highest BCUT2D eigenvalue weighted by Gasteiger charge is 2.21. The van der Waals surface area contributed by atoms with E-state index in [1.807, 2.05) is 0 Å². The van der Waals surface area contributed by atoms with Crippen LogP contribution >= 0.6 is 35.1 Å². The van der Waals surface area contributed by atoms with E-state index in [9.17, 15) is 9.90 Å². The van der Waals surface area contributed by atoms with Crippen LogP contribution in [0.3, 0.4) is 0 Å². The minimum Gasteiger partial charge on any atom is -0.508 e. The lowest BCUT2D eigenvalue weighted by Crippen LogP contribution is -2.47. The standard InChI is InChI=1S/C19H21Cl2N3O2S/c1-2-27-24-9-7-23(8-10-24)19(26)22-14-11-16(20)18(17(21)12-14)13-3-5-15(25)6-4-13/h3-6,11-12,25H,2,7-10H2,1H3,(H,22,26). The van der Waals surface area contributed by atoms with E-state index in [0.29, 0.717) is 34.4 Å². The summed E-state index contributed by atoms with van der Waals surface area (Å²) in [6.45, 7) is 5.21. The monoisotopic (exact) mass is 425 g/mol. The number of urea groups is 1. The molecule has 0 bridgehead atoms. The van der Waals surface area contributed by atoms with Crippen LogP contribution in [0.2, 0.25) is 10.0 Å². The first-order valence-corrected chi connectivity index (χ1v) is 10.4. The van der Waals surface area contributed by atoms with E-state index in [1.165, 1.54) is 0 Å². The van der Waals surface area contributed by atoms with Crippen LogP contribution < -0.4 is 5.32 Å². The van der Waals surface area contributed by atoms with Crippen molar-refractivity contribution in [3.05, 3.63) is 46.4 Å². The number of nitrogens with one attached hydrogen (secondary N) is 1. The zero-order valence-electron chi connectivity index (χ0n) is 14.9. The van der Waals surface area contributed by atoms with E-state index in [-0.39, 0.29) is 11.8 Å². The Bertz CT molecular complexity index is 786. The van der Waals surface area contributed by atoms with Crippen LogP contribution in [0.25, 0.3) is 11.1 Å². The minimum absolute atomic E-state index is 0.152. The molecule has 0 spiro atoms. The minimum atomic E-state index is -0.152. The van der Waals surface area contributed by atoms with Gasteiger partial charge < -0.3 is 15.3 Å². The number of hydrogen-bond acceptors (Lipinski definition) is 4. The van der Waals surface area contributed by atoms with Gasteiger partial charge in [-0.15, -0.1) is 0 Å². The first kappa shape index (κ1) is 20.1. The van der Waals surface area contributed by atoms with Gasteiger partial charge in [-0.05, 0) is 29.8 Å². The van der Waals surface area contributed by atoms with E-state index in [0.717, 1.165) is 24.4 Å². The lowest BCUT2D eigenvalue weighted by molar-refractivity contribution is 0.188. The Labute approximate surface area is 173 Å². The van der Waals surface area contributed by atoms with Gasteiger partial charge in [0.1, 0.15) is 5.75 Å². The van der Waals surface area contributed by atoms with Crippen molar-refractivity contribution in [2.75, 3.05) is 37.2 Å². The molecule has 0 radical (unpaired) electrons. The van der Waals surface area contributed by atoms with Gasteiger partial charge in [0.2, 0.25) is 0 Å². The smallest absolute Gasteiger partial charge is 0.321 e. The lowest BCUT2D eigenvalue weighted by Gasteiger charge is -2.33. The van der Waals surface area contributed by atoms with Gasteiger partial charge in [0, 0.05) is 43.2 Å². The summed E-state index contributed by atoms with van der Waals surface area (Å²) >= 11 is 14.6. The predicted molar refractivity (Wildman–Crippen MR) is 114 cm³/mol. The van der Waals surface area contributed by atoms with Gasteiger partial charge in [0.05, 0.1) is 10.0 Å². The highest BCUT2D eigenvalue weighted by Crippen LogP contribution is 2.37. The first-order valence-electron chi connectivity index (χ1n) is 8.70. The lowest BCUT2D eigenvalue weighted by atomic mass is 10.0. The number of nitrogens with zero attached hydrogens (tertiary/aromatic N) is 2. The van der Waals surface area contributed by atoms with Gasteiger partial charge in [0.25, 0.3) is 0 Å². The van der Waals surface area contributed by atoms with Gasteiger partial charge in [0.15, 0.2) is 0 Å². The highest BCUT2D eigenvalue weighted by atomic mass is 35.5. The Hall–Kier alpha value is -1.60. The zero-order valence-corrected chi connectivity index (χ0v) is 17.2. The number of hydrogen-bond donors (Lipinski definition) is 2. The molecule has 0 unspecified atom stereocenters. The fraction of sp³-hybridized carbons (Fsp3) is 0.316. The largest absolute Gasteiger partial charge is 0.508 e. The summed E-state index contributed by atoms with van der Waals surface area (Å²) in [7, 11) is 0. The molecule has 1 aliphatic heterocycles. The van der Waals surface area contributed by atoms with Gasteiger partial charge >= 0.3 is 6.03 Å². The van der Waals surface area contributed by atoms with Crippen molar-refractivity contribution in [3.63, 3.8) is 0 Å². The summed E-state index contributed by atoms with van der Waals surface area (Å²) in [6, 6.07) is 9.87.